The lowest BCUT2D eigenvalue weighted by Crippen LogP contribution is -2.25. The number of rotatable bonds is 9. The first kappa shape index (κ1) is 17.9. The van der Waals surface area contributed by atoms with Gasteiger partial charge in [0.25, 0.3) is 0 Å². The van der Waals surface area contributed by atoms with Gasteiger partial charge in [-0.2, -0.15) is 0 Å². The Hall–Kier alpha value is -2.49. The lowest BCUT2D eigenvalue weighted by atomic mass is 10.1. The van der Waals surface area contributed by atoms with E-state index in [4.69, 9.17) is 9.47 Å². The number of carbonyl (C=O) groups is 1. The van der Waals surface area contributed by atoms with Crippen LogP contribution in [-0.2, 0) is 17.6 Å². The van der Waals surface area contributed by atoms with Crippen molar-refractivity contribution in [1.29, 1.82) is 0 Å². The Morgan fingerprint density at radius 1 is 0.917 bits per heavy atom. The zero-order valence-electron chi connectivity index (χ0n) is 14.4. The van der Waals surface area contributed by atoms with Crippen molar-refractivity contribution in [2.24, 2.45) is 0 Å². The van der Waals surface area contributed by atoms with Crippen molar-refractivity contribution in [2.45, 2.75) is 25.7 Å². The van der Waals surface area contributed by atoms with Gasteiger partial charge in [0, 0.05) is 19.0 Å². The summed E-state index contributed by atoms with van der Waals surface area (Å²) in [5, 5.41) is 2.98. The summed E-state index contributed by atoms with van der Waals surface area (Å²) >= 11 is 0. The van der Waals surface area contributed by atoms with E-state index in [1.54, 1.807) is 14.2 Å². The van der Waals surface area contributed by atoms with Gasteiger partial charge >= 0.3 is 0 Å². The third-order valence-corrected chi connectivity index (χ3v) is 3.86. The van der Waals surface area contributed by atoms with Crippen LogP contribution in [0.25, 0.3) is 0 Å². The molecule has 2 aromatic rings. The minimum atomic E-state index is 0.0739. The van der Waals surface area contributed by atoms with Gasteiger partial charge in [0.15, 0.2) is 0 Å². The van der Waals surface area contributed by atoms with Crippen LogP contribution in [0.4, 0.5) is 0 Å². The SMILES string of the molecule is COc1cc(CCC(=O)NCCCc2ccccc2)cc(OC)c1. The number of methoxy groups -OCH3 is 2. The molecule has 0 spiro atoms. The van der Waals surface area contributed by atoms with Crippen LogP contribution >= 0.6 is 0 Å². The predicted molar refractivity (Wildman–Crippen MR) is 95.6 cm³/mol. The summed E-state index contributed by atoms with van der Waals surface area (Å²) in [5.74, 6) is 1.56. The van der Waals surface area contributed by atoms with E-state index in [-0.39, 0.29) is 5.91 Å². The molecule has 0 aliphatic rings. The number of nitrogens with one attached hydrogen (secondary N) is 1. The van der Waals surface area contributed by atoms with Crippen molar-refractivity contribution in [3.63, 3.8) is 0 Å². The summed E-state index contributed by atoms with van der Waals surface area (Å²) in [5.41, 5.74) is 2.33. The van der Waals surface area contributed by atoms with Gasteiger partial charge in [0.05, 0.1) is 14.2 Å². The van der Waals surface area contributed by atoms with Crippen LogP contribution in [0.1, 0.15) is 24.0 Å². The summed E-state index contributed by atoms with van der Waals surface area (Å²) in [6, 6.07) is 16.0. The molecule has 0 atom stereocenters. The average molecular weight is 327 g/mol. The fourth-order valence-corrected chi connectivity index (χ4v) is 2.52. The predicted octanol–water partition coefficient (Wildman–Crippen LogP) is 3.39. The van der Waals surface area contributed by atoms with E-state index in [1.165, 1.54) is 5.56 Å². The van der Waals surface area contributed by atoms with Gasteiger partial charge in [-0.15, -0.1) is 0 Å². The summed E-state index contributed by atoms with van der Waals surface area (Å²) in [7, 11) is 3.25. The summed E-state index contributed by atoms with van der Waals surface area (Å²) < 4.78 is 10.5. The Morgan fingerprint density at radius 3 is 2.21 bits per heavy atom. The molecule has 0 radical (unpaired) electrons. The van der Waals surface area contributed by atoms with Gasteiger partial charge in [0.2, 0.25) is 5.91 Å². The van der Waals surface area contributed by atoms with E-state index in [0.29, 0.717) is 19.4 Å². The molecule has 0 aliphatic heterocycles. The van der Waals surface area contributed by atoms with Crippen molar-refractivity contribution in [3.8, 4) is 11.5 Å². The van der Waals surface area contributed by atoms with E-state index in [0.717, 1.165) is 29.9 Å². The molecular formula is C20H25NO3. The number of benzene rings is 2. The maximum Gasteiger partial charge on any atom is 0.220 e. The quantitative estimate of drug-likeness (QED) is 0.718. The fraction of sp³-hybridized carbons (Fsp3) is 0.350. The highest BCUT2D eigenvalue weighted by atomic mass is 16.5. The van der Waals surface area contributed by atoms with E-state index in [2.05, 4.69) is 17.4 Å². The Labute approximate surface area is 143 Å². The molecule has 2 rings (SSSR count). The van der Waals surface area contributed by atoms with E-state index in [9.17, 15) is 4.79 Å². The summed E-state index contributed by atoms with van der Waals surface area (Å²) in [6.07, 6.45) is 3.05. The maximum atomic E-state index is 12.0. The minimum absolute atomic E-state index is 0.0739. The average Bonchev–Trinajstić information content (AvgIpc) is 2.64. The number of hydrogen-bond donors (Lipinski definition) is 1. The molecule has 4 nitrogen and oxygen atoms in total. The van der Waals surface area contributed by atoms with Crippen LogP contribution in [0.5, 0.6) is 11.5 Å². The van der Waals surface area contributed by atoms with Crippen LogP contribution in [0, 0.1) is 0 Å². The molecule has 4 heteroatoms. The largest absolute Gasteiger partial charge is 0.497 e. The zero-order valence-corrected chi connectivity index (χ0v) is 14.4. The van der Waals surface area contributed by atoms with Gasteiger partial charge in [-0.3, -0.25) is 4.79 Å². The maximum absolute atomic E-state index is 12.0. The second kappa shape index (κ2) is 9.60. The minimum Gasteiger partial charge on any atom is -0.497 e. The molecule has 0 bridgehead atoms. The van der Waals surface area contributed by atoms with Crippen LogP contribution in [0.2, 0.25) is 0 Å². The van der Waals surface area contributed by atoms with Crippen LogP contribution in [-0.4, -0.2) is 26.7 Å². The van der Waals surface area contributed by atoms with Gasteiger partial charge in [0.1, 0.15) is 11.5 Å². The number of amides is 1. The normalized spacial score (nSPS) is 10.2. The van der Waals surface area contributed by atoms with Gasteiger partial charge < -0.3 is 14.8 Å². The molecule has 0 heterocycles. The summed E-state index contributed by atoms with van der Waals surface area (Å²) in [4.78, 5) is 12.0. The van der Waals surface area contributed by atoms with Crippen molar-refractivity contribution in [1.82, 2.24) is 5.32 Å². The van der Waals surface area contributed by atoms with Crippen LogP contribution in [0.3, 0.4) is 0 Å². The highest BCUT2D eigenvalue weighted by Crippen LogP contribution is 2.23. The third-order valence-electron chi connectivity index (χ3n) is 3.86. The number of aryl methyl sites for hydroxylation is 2. The van der Waals surface area contributed by atoms with Crippen molar-refractivity contribution < 1.29 is 14.3 Å². The number of ether oxygens (including phenoxy) is 2. The molecule has 0 aromatic heterocycles. The molecule has 0 saturated carbocycles. The Bertz CT molecular complexity index is 618. The first-order valence-electron chi connectivity index (χ1n) is 8.24. The lowest BCUT2D eigenvalue weighted by Gasteiger charge is -2.09. The first-order chi connectivity index (χ1) is 11.7. The van der Waals surface area contributed by atoms with E-state index >= 15 is 0 Å². The smallest absolute Gasteiger partial charge is 0.220 e. The van der Waals surface area contributed by atoms with Gasteiger partial charge in [-0.05, 0) is 42.5 Å². The molecular weight excluding hydrogens is 302 g/mol. The van der Waals surface area contributed by atoms with Crippen LogP contribution in [0.15, 0.2) is 48.5 Å². The first-order valence-corrected chi connectivity index (χ1v) is 8.24. The van der Waals surface area contributed by atoms with E-state index in [1.807, 2.05) is 36.4 Å². The molecule has 128 valence electrons. The lowest BCUT2D eigenvalue weighted by molar-refractivity contribution is -0.121. The molecule has 24 heavy (non-hydrogen) atoms. The monoisotopic (exact) mass is 327 g/mol. The highest BCUT2D eigenvalue weighted by Gasteiger charge is 2.05. The fourth-order valence-electron chi connectivity index (χ4n) is 2.52. The molecule has 0 fully saturated rings. The van der Waals surface area contributed by atoms with Crippen molar-refractivity contribution in [3.05, 3.63) is 59.7 Å². The molecule has 2 aromatic carbocycles. The molecule has 0 aliphatic carbocycles. The number of carbonyl (C=O) groups excluding carboxylic acids is 1. The van der Waals surface area contributed by atoms with Crippen LogP contribution < -0.4 is 14.8 Å². The Morgan fingerprint density at radius 2 is 1.58 bits per heavy atom. The topological polar surface area (TPSA) is 47.6 Å². The number of hydrogen-bond acceptors (Lipinski definition) is 3. The van der Waals surface area contributed by atoms with E-state index < -0.39 is 0 Å². The van der Waals surface area contributed by atoms with Crippen molar-refractivity contribution in [2.75, 3.05) is 20.8 Å². The zero-order chi connectivity index (χ0) is 17.2. The van der Waals surface area contributed by atoms with Crippen molar-refractivity contribution >= 4 is 5.91 Å². The highest BCUT2D eigenvalue weighted by molar-refractivity contribution is 5.76. The van der Waals surface area contributed by atoms with Gasteiger partial charge in [-0.1, -0.05) is 30.3 Å². The molecule has 0 saturated heterocycles. The molecule has 1 amide bonds. The van der Waals surface area contributed by atoms with Gasteiger partial charge in [-0.25, -0.2) is 0 Å². The second-order valence-electron chi connectivity index (χ2n) is 5.66. The molecule has 0 unspecified atom stereocenters. The molecule has 1 N–H and O–H groups in total. The second-order valence-corrected chi connectivity index (χ2v) is 5.66. The standard InChI is InChI=1S/C20H25NO3/c1-23-18-13-17(14-19(15-18)24-2)10-11-20(22)21-12-6-9-16-7-4-3-5-8-16/h3-5,7-8,13-15H,6,9-12H2,1-2H3,(H,21,22). The Balaban J connectivity index is 1.71. The summed E-state index contributed by atoms with van der Waals surface area (Å²) in [6.45, 7) is 0.704. The third kappa shape index (κ3) is 5.95. The Kier molecular flexibility index (Phi) is 7.15.